The Hall–Kier alpha value is -0.460. The molecule has 0 bridgehead atoms. The van der Waals surface area contributed by atoms with E-state index < -0.39 is 31.2 Å². The van der Waals surface area contributed by atoms with E-state index in [4.69, 9.17) is 23.2 Å². The number of hydrogen-bond acceptors (Lipinski definition) is 3. The van der Waals surface area contributed by atoms with Crippen LogP contribution in [0, 0.1) is 5.82 Å². The number of aromatic nitrogens is 1. The summed E-state index contributed by atoms with van der Waals surface area (Å²) in [6.45, 7) is 0. The van der Waals surface area contributed by atoms with Crippen LogP contribution in [0.4, 0.5) is 8.28 Å². The summed E-state index contributed by atoms with van der Waals surface area (Å²) < 4.78 is 45.7. The van der Waals surface area contributed by atoms with Crippen molar-refractivity contribution in [3.05, 3.63) is 22.2 Å². The maximum absolute atomic E-state index is 12.8. The highest BCUT2D eigenvalue weighted by Gasteiger charge is 2.21. The molecule has 3 nitrogen and oxygen atoms in total. The van der Waals surface area contributed by atoms with Crippen molar-refractivity contribution in [3.63, 3.8) is 0 Å². The third kappa shape index (κ3) is 2.26. The van der Waals surface area contributed by atoms with Crippen molar-refractivity contribution in [1.82, 2.24) is 4.98 Å². The summed E-state index contributed by atoms with van der Waals surface area (Å²) in [5.41, 5.74) is 0. The highest BCUT2D eigenvalue weighted by Crippen LogP contribution is 2.24. The van der Waals surface area contributed by atoms with Gasteiger partial charge in [0.05, 0.1) is 0 Å². The average Bonchev–Trinajstić information content (AvgIpc) is 1.94. The van der Waals surface area contributed by atoms with Crippen LogP contribution in [-0.4, -0.2) is 13.4 Å². The van der Waals surface area contributed by atoms with Crippen LogP contribution in [0.3, 0.4) is 0 Å². The molecule has 0 aliphatic heterocycles. The predicted octanol–water partition coefficient (Wildman–Crippen LogP) is 2.19. The Bertz CT molecular complexity index is 448. The molecule has 0 saturated heterocycles. The molecule has 8 heteroatoms. The van der Waals surface area contributed by atoms with E-state index in [1.807, 2.05) is 0 Å². The Morgan fingerprint density at radius 1 is 1.38 bits per heavy atom. The summed E-state index contributed by atoms with van der Waals surface area (Å²) in [4.78, 5) is 1.96. The molecular weight excluding hydrogens is 247 g/mol. The molecule has 72 valence electrons. The van der Waals surface area contributed by atoms with Crippen molar-refractivity contribution >= 4 is 33.4 Å². The lowest BCUT2D eigenvalue weighted by atomic mass is 10.5. The van der Waals surface area contributed by atoms with Gasteiger partial charge in [-0.1, -0.05) is 23.2 Å². The van der Waals surface area contributed by atoms with Crippen molar-refractivity contribution in [3.8, 4) is 0 Å². The van der Waals surface area contributed by atoms with Crippen LogP contribution in [-0.2, 0) is 10.2 Å². The predicted molar refractivity (Wildman–Crippen MR) is 42.5 cm³/mol. The number of pyridine rings is 1. The van der Waals surface area contributed by atoms with Crippen LogP contribution < -0.4 is 0 Å². The van der Waals surface area contributed by atoms with Gasteiger partial charge in [0, 0.05) is 0 Å². The molecule has 0 saturated carbocycles. The summed E-state index contributed by atoms with van der Waals surface area (Å²) in [6.07, 6.45) is 0. The SMILES string of the molecule is O=S(=O)(F)c1cc(Cl)nc(Cl)c1F. The third-order valence-electron chi connectivity index (χ3n) is 1.12. The second kappa shape index (κ2) is 3.36. The van der Waals surface area contributed by atoms with E-state index in [2.05, 4.69) is 4.98 Å². The molecule has 0 N–H and O–H groups in total. The lowest BCUT2D eigenvalue weighted by Crippen LogP contribution is -1.99. The lowest BCUT2D eigenvalue weighted by molar-refractivity contribution is 0.531. The first kappa shape index (κ1) is 10.6. The first-order valence-electron chi connectivity index (χ1n) is 2.78. The number of halogens is 4. The molecule has 0 fully saturated rings. The van der Waals surface area contributed by atoms with Crippen molar-refractivity contribution < 1.29 is 16.7 Å². The summed E-state index contributed by atoms with van der Waals surface area (Å²) in [7, 11) is -5.16. The highest BCUT2D eigenvalue weighted by molar-refractivity contribution is 7.86. The van der Waals surface area contributed by atoms with E-state index in [1.165, 1.54) is 0 Å². The van der Waals surface area contributed by atoms with Crippen molar-refractivity contribution in [2.24, 2.45) is 0 Å². The fraction of sp³-hybridized carbons (Fsp3) is 0. The maximum atomic E-state index is 12.8. The molecular formula is C5HCl2F2NO2S. The van der Waals surface area contributed by atoms with Crippen LogP contribution in [0.5, 0.6) is 0 Å². The third-order valence-corrected chi connectivity index (χ3v) is 2.38. The molecule has 0 amide bonds. The van der Waals surface area contributed by atoms with Gasteiger partial charge in [-0.05, 0) is 6.07 Å². The lowest BCUT2D eigenvalue weighted by Gasteiger charge is -1.99. The summed E-state index contributed by atoms with van der Waals surface area (Å²) in [5.74, 6) is -1.45. The Labute approximate surface area is 82.5 Å². The average molecular weight is 248 g/mol. The highest BCUT2D eigenvalue weighted by atomic mass is 35.5. The van der Waals surface area contributed by atoms with Gasteiger partial charge in [0.1, 0.15) is 10.0 Å². The minimum atomic E-state index is -5.16. The Kier molecular flexibility index (Phi) is 2.74. The van der Waals surface area contributed by atoms with Crippen LogP contribution in [0.25, 0.3) is 0 Å². The molecule has 1 rings (SSSR count). The topological polar surface area (TPSA) is 47.0 Å². The molecule has 1 aromatic rings. The van der Waals surface area contributed by atoms with E-state index >= 15 is 0 Å². The first-order valence-corrected chi connectivity index (χ1v) is 4.92. The maximum Gasteiger partial charge on any atom is 0.335 e. The standard InChI is InChI=1S/C5HCl2F2NO2S/c6-3-1-2(13(9,11)12)4(8)5(7)10-3/h1H. The zero-order valence-corrected chi connectivity index (χ0v) is 8.09. The second-order valence-corrected chi connectivity index (χ2v) is 4.05. The van der Waals surface area contributed by atoms with E-state index in [-0.39, 0.29) is 0 Å². The van der Waals surface area contributed by atoms with Crippen molar-refractivity contribution in [2.45, 2.75) is 4.90 Å². The normalized spacial score (nSPS) is 11.7. The number of nitrogens with zero attached hydrogens (tertiary/aromatic N) is 1. The quantitative estimate of drug-likeness (QED) is 0.565. The van der Waals surface area contributed by atoms with Gasteiger partial charge in [-0.3, -0.25) is 0 Å². The molecule has 1 aromatic heterocycles. The van der Waals surface area contributed by atoms with Gasteiger partial charge in [0.2, 0.25) is 0 Å². The molecule has 0 aromatic carbocycles. The van der Waals surface area contributed by atoms with Crippen molar-refractivity contribution in [2.75, 3.05) is 0 Å². The van der Waals surface area contributed by atoms with E-state index in [0.29, 0.717) is 6.07 Å². The van der Waals surface area contributed by atoms with Crippen LogP contribution in [0.2, 0.25) is 10.3 Å². The zero-order valence-electron chi connectivity index (χ0n) is 5.76. The minimum absolute atomic E-state index is 0.400. The zero-order chi connectivity index (χ0) is 10.2. The van der Waals surface area contributed by atoms with Crippen molar-refractivity contribution in [1.29, 1.82) is 0 Å². The van der Waals surface area contributed by atoms with Gasteiger partial charge >= 0.3 is 10.2 Å². The Morgan fingerprint density at radius 3 is 2.38 bits per heavy atom. The molecule has 0 aliphatic carbocycles. The van der Waals surface area contributed by atoms with E-state index in [1.54, 1.807) is 0 Å². The van der Waals surface area contributed by atoms with Gasteiger partial charge in [-0.2, -0.15) is 8.42 Å². The van der Waals surface area contributed by atoms with Gasteiger partial charge in [0.25, 0.3) is 0 Å². The molecule has 1 heterocycles. The fourth-order valence-electron chi connectivity index (χ4n) is 0.626. The van der Waals surface area contributed by atoms with Crippen LogP contribution in [0.1, 0.15) is 0 Å². The van der Waals surface area contributed by atoms with Crippen LogP contribution >= 0.6 is 23.2 Å². The van der Waals surface area contributed by atoms with Gasteiger partial charge < -0.3 is 0 Å². The monoisotopic (exact) mass is 247 g/mol. The van der Waals surface area contributed by atoms with Gasteiger partial charge in [-0.25, -0.2) is 9.37 Å². The summed E-state index contributed by atoms with van der Waals surface area (Å²) in [5, 5.41) is -1.19. The fourth-order valence-corrected chi connectivity index (χ4v) is 1.74. The number of rotatable bonds is 1. The van der Waals surface area contributed by atoms with E-state index in [9.17, 15) is 16.7 Å². The molecule has 0 unspecified atom stereocenters. The summed E-state index contributed by atoms with van der Waals surface area (Å²) >= 11 is 10.4. The first-order chi connectivity index (χ1) is 5.82. The van der Waals surface area contributed by atoms with Gasteiger partial charge in [0.15, 0.2) is 11.0 Å². The molecule has 0 aliphatic rings. The molecule has 0 spiro atoms. The molecule has 0 radical (unpaired) electrons. The van der Waals surface area contributed by atoms with E-state index in [0.717, 1.165) is 0 Å². The van der Waals surface area contributed by atoms with Gasteiger partial charge in [-0.15, -0.1) is 3.89 Å². The van der Waals surface area contributed by atoms with Crippen LogP contribution in [0.15, 0.2) is 11.0 Å². The second-order valence-electron chi connectivity index (χ2n) is 1.99. The molecule has 0 atom stereocenters. The largest absolute Gasteiger partial charge is 0.335 e. The minimum Gasteiger partial charge on any atom is -0.221 e. The Morgan fingerprint density at radius 2 is 1.92 bits per heavy atom. The smallest absolute Gasteiger partial charge is 0.221 e. The Balaban J connectivity index is 3.56. The number of hydrogen-bond donors (Lipinski definition) is 0. The molecule has 13 heavy (non-hydrogen) atoms. The summed E-state index contributed by atoms with van der Waals surface area (Å²) in [6, 6.07) is 0.540.